The molecule has 9 heteroatoms. The minimum absolute atomic E-state index is 0.556. The molecule has 0 amide bonds. The Morgan fingerprint density at radius 2 is 1.88 bits per heavy atom. The van der Waals surface area contributed by atoms with Gasteiger partial charge in [0, 0.05) is 0 Å². The van der Waals surface area contributed by atoms with Crippen LogP contribution in [0.25, 0.3) is 0 Å². The monoisotopic (exact) mass is 233 g/mol. The Kier molecular flexibility index (Phi) is 3.90. The number of aromatic nitrogens is 3. The van der Waals surface area contributed by atoms with Crippen LogP contribution < -0.4 is 11.2 Å². The number of nitrogens with one attached hydrogen (secondary N) is 2. The number of H-pyrrole nitrogens is 2. The van der Waals surface area contributed by atoms with Gasteiger partial charge in [0.15, 0.2) is 5.69 Å². The molecule has 1 heterocycles. The highest BCUT2D eigenvalue weighted by Crippen LogP contribution is 2.12. The van der Waals surface area contributed by atoms with Gasteiger partial charge in [-0.15, -0.1) is 0 Å². The highest BCUT2D eigenvalue weighted by Gasteiger charge is 2.28. The number of aromatic amines is 2. The van der Waals surface area contributed by atoms with Crippen LogP contribution >= 0.6 is 0 Å². The topological polar surface area (TPSA) is 160 Å². The van der Waals surface area contributed by atoms with Crippen LogP contribution in [0.15, 0.2) is 9.59 Å². The first-order valence-electron chi connectivity index (χ1n) is 4.31. The van der Waals surface area contributed by atoms with Gasteiger partial charge in [-0.05, 0) is 0 Å². The Bertz CT molecular complexity index is 454. The maximum absolute atomic E-state index is 11.1. The van der Waals surface area contributed by atoms with Crippen molar-refractivity contribution in [1.82, 2.24) is 15.2 Å². The van der Waals surface area contributed by atoms with Gasteiger partial charge in [0.2, 0.25) is 0 Å². The molecule has 0 saturated heterocycles. The maximum atomic E-state index is 11.1. The van der Waals surface area contributed by atoms with Crippen LogP contribution in [0.2, 0.25) is 0 Å². The largest absolute Gasteiger partial charge is 0.394 e. The summed E-state index contributed by atoms with van der Waals surface area (Å²) in [4.78, 5) is 23.5. The molecular formula is C7H11N3O6. The van der Waals surface area contributed by atoms with Crippen molar-refractivity contribution in [3.63, 3.8) is 0 Å². The average Bonchev–Trinajstić information content (AvgIpc) is 2.26. The first-order valence-corrected chi connectivity index (χ1v) is 4.31. The van der Waals surface area contributed by atoms with E-state index in [0.717, 1.165) is 0 Å². The second-order valence-electron chi connectivity index (χ2n) is 3.08. The molecule has 0 aliphatic carbocycles. The minimum atomic E-state index is -1.82. The number of rotatable bonds is 4. The lowest BCUT2D eigenvalue weighted by atomic mass is 10.1. The number of nitrogens with zero attached hydrogens (tertiary/aromatic N) is 1. The molecule has 1 rings (SSSR count). The van der Waals surface area contributed by atoms with Crippen LogP contribution in [0.3, 0.4) is 0 Å². The van der Waals surface area contributed by atoms with Crippen molar-refractivity contribution < 1.29 is 20.4 Å². The van der Waals surface area contributed by atoms with E-state index in [2.05, 4.69) is 5.10 Å². The summed E-state index contributed by atoms with van der Waals surface area (Å²) in [5, 5.41) is 41.4. The van der Waals surface area contributed by atoms with Crippen LogP contribution in [0.5, 0.6) is 0 Å². The van der Waals surface area contributed by atoms with Gasteiger partial charge in [-0.3, -0.25) is 9.78 Å². The van der Waals surface area contributed by atoms with E-state index in [1.165, 1.54) is 0 Å². The molecule has 16 heavy (non-hydrogen) atoms. The van der Waals surface area contributed by atoms with E-state index in [1.807, 2.05) is 5.10 Å². The summed E-state index contributed by atoms with van der Waals surface area (Å²) in [5.41, 5.74) is -2.40. The number of hydrogen-bond acceptors (Lipinski definition) is 7. The van der Waals surface area contributed by atoms with Crippen LogP contribution in [-0.2, 0) is 0 Å². The normalized spacial score (nSPS) is 16.8. The molecule has 0 spiro atoms. The molecule has 0 aliphatic rings. The summed E-state index contributed by atoms with van der Waals surface area (Å²) in [7, 11) is 0. The smallest absolute Gasteiger partial charge is 0.342 e. The lowest BCUT2D eigenvalue weighted by Gasteiger charge is -2.19. The minimum Gasteiger partial charge on any atom is -0.394 e. The predicted molar refractivity (Wildman–Crippen MR) is 49.5 cm³/mol. The third-order valence-corrected chi connectivity index (χ3v) is 1.92. The number of aliphatic hydroxyl groups excluding tert-OH is 4. The first-order chi connectivity index (χ1) is 7.47. The molecule has 0 aromatic carbocycles. The molecule has 3 atom stereocenters. The van der Waals surface area contributed by atoms with Crippen molar-refractivity contribution >= 4 is 0 Å². The average molecular weight is 233 g/mol. The second kappa shape index (κ2) is 4.99. The van der Waals surface area contributed by atoms with Crippen molar-refractivity contribution in [3.05, 3.63) is 26.5 Å². The van der Waals surface area contributed by atoms with Crippen LogP contribution in [0.4, 0.5) is 0 Å². The third-order valence-electron chi connectivity index (χ3n) is 1.92. The van der Waals surface area contributed by atoms with Crippen molar-refractivity contribution in [2.45, 2.75) is 18.3 Å². The lowest BCUT2D eigenvalue weighted by molar-refractivity contribution is -0.0796. The van der Waals surface area contributed by atoms with E-state index in [-0.39, 0.29) is 0 Å². The zero-order chi connectivity index (χ0) is 12.3. The molecule has 6 N–H and O–H groups in total. The fourth-order valence-corrected chi connectivity index (χ4v) is 1.04. The quantitative estimate of drug-likeness (QED) is 0.311. The predicted octanol–water partition coefficient (Wildman–Crippen LogP) is -3.79. The van der Waals surface area contributed by atoms with Crippen molar-refractivity contribution in [2.75, 3.05) is 6.61 Å². The van der Waals surface area contributed by atoms with E-state index in [0.29, 0.717) is 0 Å². The molecule has 1 aromatic rings. The lowest BCUT2D eigenvalue weighted by Crippen LogP contribution is -2.39. The Balaban J connectivity index is 3.00. The Labute approximate surface area is 88.0 Å². The summed E-state index contributed by atoms with van der Waals surface area (Å²) >= 11 is 0. The highest BCUT2D eigenvalue weighted by atomic mass is 16.4. The van der Waals surface area contributed by atoms with Crippen LogP contribution in [0.1, 0.15) is 11.8 Å². The van der Waals surface area contributed by atoms with E-state index in [9.17, 15) is 19.8 Å². The van der Waals surface area contributed by atoms with Gasteiger partial charge in [-0.25, -0.2) is 9.89 Å². The molecule has 1 aromatic heterocycles. The SMILES string of the molecule is O=c1[nH]nc([C@@H](O)[C@@H](O)[C@H](O)CO)c(=O)[nH]1. The van der Waals surface area contributed by atoms with E-state index in [1.54, 1.807) is 4.98 Å². The van der Waals surface area contributed by atoms with Gasteiger partial charge in [-0.1, -0.05) is 0 Å². The summed E-state index contributed by atoms with van der Waals surface area (Å²) in [6, 6.07) is 0. The Hall–Kier alpha value is -1.55. The standard InChI is InChI=1S/C7H11N3O6/c11-1-2(12)4(13)5(14)3-6(15)8-7(16)10-9-3/h2,4-5,11-14H,1H2,(H2,8,10,15,16)/t2-,4+,5-/m1/s1. The Morgan fingerprint density at radius 3 is 2.38 bits per heavy atom. The van der Waals surface area contributed by atoms with Crippen LogP contribution in [-0.4, -0.2) is 54.4 Å². The molecule has 0 fully saturated rings. The molecule has 0 radical (unpaired) electrons. The van der Waals surface area contributed by atoms with Crippen molar-refractivity contribution in [1.29, 1.82) is 0 Å². The third kappa shape index (κ3) is 2.52. The van der Waals surface area contributed by atoms with Gasteiger partial charge in [0.05, 0.1) is 6.61 Å². The fourth-order valence-electron chi connectivity index (χ4n) is 1.04. The summed E-state index contributed by atoms with van der Waals surface area (Å²) < 4.78 is 0. The molecule has 0 bridgehead atoms. The molecular weight excluding hydrogens is 222 g/mol. The maximum Gasteiger partial charge on any atom is 0.342 e. The fraction of sp³-hybridized carbons (Fsp3) is 0.571. The van der Waals surface area contributed by atoms with E-state index >= 15 is 0 Å². The van der Waals surface area contributed by atoms with Gasteiger partial charge in [0.1, 0.15) is 18.3 Å². The van der Waals surface area contributed by atoms with Crippen molar-refractivity contribution in [2.24, 2.45) is 0 Å². The number of aliphatic hydroxyl groups is 4. The molecule has 0 saturated carbocycles. The highest BCUT2D eigenvalue weighted by molar-refractivity contribution is 5.00. The number of hydrogen-bond donors (Lipinski definition) is 6. The van der Waals surface area contributed by atoms with Crippen LogP contribution in [0, 0.1) is 0 Å². The van der Waals surface area contributed by atoms with Gasteiger partial charge >= 0.3 is 5.69 Å². The van der Waals surface area contributed by atoms with Gasteiger partial charge < -0.3 is 20.4 Å². The van der Waals surface area contributed by atoms with E-state index < -0.39 is 41.9 Å². The summed E-state index contributed by atoms with van der Waals surface area (Å²) in [6.07, 6.45) is -5.23. The zero-order valence-corrected chi connectivity index (χ0v) is 7.99. The van der Waals surface area contributed by atoms with Crippen molar-refractivity contribution in [3.8, 4) is 0 Å². The summed E-state index contributed by atoms with van der Waals surface area (Å²) in [6.45, 7) is -0.792. The van der Waals surface area contributed by atoms with E-state index in [4.69, 9.17) is 10.2 Å². The van der Waals surface area contributed by atoms with Gasteiger partial charge in [-0.2, -0.15) is 5.10 Å². The zero-order valence-electron chi connectivity index (χ0n) is 7.99. The first kappa shape index (κ1) is 12.5. The summed E-state index contributed by atoms with van der Waals surface area (Å²) in [5.74, 6) is 0. The molecule has 9 nitrogen and oxygen atoms in total. The van der Waals surface area contributed by atoms with Gasteiger partial charge in [0.25, 0.3) is 5.56 Å². The molecule has 0 unspecified atom stereocenters. The second-order valence-corrected chi connectivity index (χ2v) is 3.08. The Morgan fingerprint density at radius 1 is 1.25 bits per heavy atom. The molecule has 0 aliphatic heterocycles. The molecule has 90 valence electrons.